The van der Waals surface area contributed by atoms with E-state index in [0.29, 0.717) is 11.1 Å². The third-order valence-electron chi connectivity index (χ3n) is 2.61. The number of carboxylic acids is 1. The third kappa shape index (κ3) is 2.87. The summed E-state index contributed by atoms with van der Waals surface area (Å²) in [5.41, 5.74) is 1.59. The highest BCUT2D eigenvalue weighted by molar-refractivity contribution is 5.68. The van der Waals surface area contributed by atoms with Crippen molar-refractivity contribution in [1.29, 1.82) is 5.26 Å². The molecule has 0 atom stereocenters. The molecule has 1 aromatic carbocycles. The maximum absolute atomic E-state index is 11.5. The molecule has 5 nitrogen and oxygen atoms in total. The van der Waals surface area contributed by atoms with Crippen LogP contribution in [-0.2, 0) is 11.3 Å². The van der Waals surface area contributed by atoms with Gasteiger partial charge in [0.25, 0.3) is 5.56 Å². The average Bonchev–Trinajstić information content (AvgIpc) is 2.41. The number of hydrogen-bond acceptors (Lipinski definition) is 3. The first-order valence-electron chi connectivity index (χ1n) is 5.53. The first kappa shape index (κ1) is 12.6. The van der Waals surface area contributed by atoms with Gasteiger partial charge in [0.1, 0.15) is 6.54 Å². The molecule has 2 aromatic rings. The van der Waals surface area contributed by atoms with Crippen molar-refractivity contribution in [3.8, 4) is 17.2 Å². The Morgan fingerprint density at radius 1 is 1.26 bits per heavy atom. The highest BCUT2D eigenvalue weighted by atomic mass is 16.4. The molecule has 0 bridgehead atoms. The minimum atomic E-state index is -1.08. The predicted molar refractivity (Wildman–Crippen MR) is 68.5 cm³/mol. The lowest BCUT2D eigenvalue weighted by atomic mass is 10.1. The Bertz CT molecular complexity index is 726. The summed E-state index contributed by atoms with van der Waals surface area (Å²) in [5, 5.41) is 17.6. The molecule has 1 aromatic heterocycles. The van der Waals surface area contributed by atoms with E-state index in [4.69, 9.17) is 10.4 Å². The minimum Gasteiger partial charge on any atom is -0.480 e. The topological polar surface area (TPSA) is 83.1 Å². The number of hydrogen-bond donors (Lipinski definition) is 1. The highest BCUT2D eigenvalue weighted by Crippen LogP contribution is 2.18. The largest absolute Gasteiger partial charge is 0.480 e. The maximum Gasteiger partial charge on any atom is 0.323 e. The molecule has 94 valence electrons. The fourth-order valence-corrected chi connectivity index (χ4v) is 1.74. The molecule has 0 saturated carbocycles. The van der Waals surface area contributed by atoms with Gasteiger partial charge < -0.3 is 9.67 Å². The van der Waals surface area contributed by atoms with Crippen LogP contribution in [0.4, 0.5) is 0 Å². The van der Waals surface area contributed by atoms with Crippen molar-refractivity contribution in [3.63, 3.8) is 0 Å². The zero-order valence-electron chi connectivity index (χ0n) is 9.91. The van der Waals surface area contributed by atoms with E-state index in [1.165, 1.54) is 12.3 Å². The van der Waals surface area contributed by atoms with E-state index >= 15 is 0 Å². The van der Waals surface area contributed by atoms with Crippen molar-refractivity contribution in [2.75, 3.05) is 0 Å². The molecule has 0 fully saturated rings. The molecule has 0 saturated heterocycles. The fourth-order valence-electron chi connectivity index (χ4n) is 1.74. The van der Waals surface area contributed by atoms with Crippen molar-refractivity contribution in [2.45, 2.75) is 6.54 Å². The molecule has 2 rings (SSSR count). The van der Waals surface area contributed by atoms with Gasteiger partial charge in [-0.2, -0.15) is 5.26 Å². The van der Waals surface area contributed by atoms with Crippen LogP contribution in [0.5, 0.6) is 0 Å². The van der Waals surface area contributed by atoms with Crippen LogP contribution in [0.15, 0.2) is 47.4 Å². The van der Waals surface area contributed by atoms with Gasteiger partial charge in [0.2, 0.25) is 0 Å². The van der Waals surface area contributed by atoms with Gasteiger partial charge in [-0.3, -0.25) is 9.59 Å². The summed E-state index contributed by atoms with van der Waals surface area (Å²) in [5.74, 6) is -1.08. The molecular weight excluding hydrogens is 244 g/mol. The molecule has 0 spiro atoms. The molecule has 0 aliphatic heterocycles. The normalized spacial score (nSPS) is 9.84. The fraction of sp³-hybridized carbons (Fsp3) is 0.0714. The molecule has 1 N–H and O–H groups in total. The van der Waals surface area contributed by atoms with Gasteiger partial charge >= 0.3 is 5.97 Å². The number of nitrogens with zero attached hydrogens (tertiary/aromatic N) is 2. The van der Waals surface area contributed by atoms with E-state index in [1.54, 1.807) is 30.3 Å². The van der Waals surface area contributed by atoms with Gasteiger partial charge in [0.05, 0.1) is 11.6 Å². The molecule has 0 aliphatic rings. The van der Waals surface area contributed by atoms with Crippen LogP contribution < -0.4 is 5.56 Å². The van der Waals surface area contributed by atoms with Crippen LogP contribution in [0.25, 0.3) is 11.1 Å². The Balaban J connectivity index is 2.48. The number of aromatic nitrogens is 1. The zero-order valence-corrected chi connectivity index (χ0v) is 9.91. The molecule has 19 heavy (non-hydrogen) atoms. The second-order valence-electron chi connectivity index (χ2n) is 3.97. The summed E-state index contributed by atoms with van der Waals surface area (Å²) in [6.07, 6.45) is 1.48. The second kappa shape index (κ2) is 5.19. The van der Waals surface area contributed by atoms with E-state index in [1.807, 2.05) is 6.07 Å². The number of carboxylic acid groups (broad SMARTS) is 1. The summed E-state index contributed by atoms with van der Waals surface area (Å²) in [6.45, 7) is -0.384. The number of aliphatic carboxylic acids is 1. The molecule has 0 amide bonds. The predicted octanol–water partition coefficient (Wildman–Crippen LogP) is 1.47. The lowest BCUT2D eigenvalue weighted by Gasteiger charge is -2.06. The van der Waals surface area contributed by atoms with Crippen LogP contribution in [0.2, 0.25) is 0 Å². The first-order valence-corrected chi connectivity index (χ1v) is 5.53. The summed E-state index contributed by atoms with van der Waals surface area (Å²) in [6, 6.07) is 11.9. The van der Waals surface area contributed by atoms with Crippen LogP contribution in [0.3, 0.4) is 0 Å². The van der Waals surface area contributed by atoms with Gasteiger partial charge in [-0.15, -0.1) is 0 Å². The average molecular weight is 254 g/mol. The number of rotatable bonds is 3. The molecule has 5 heteroatoms. The Morgan fingerprint density at radius 2 is 2.05 bits per heavy atom. The van der Waals surface area contributed by atoms with Crippen molar-refractivity contribution < 1.29 is 9.90 Å². The Kier molecular flexibility index (Phi) is 3.44. The molecule has 1 heterocycles. The van der Waals surface area contributed by atoms with Crippen LogP contribution in [-0.4, -0.2) is 15.6 Å². The Morgan fingerprint density at radius 3 is 2.74 bits per heavy atom. The SMILES string of the molecule is N#Cc1cccc(-c2ccc(=O)n(CC(=O)O)c2)c1. The van der Waals surface area contributed by atoms with E-state index in [2.05, 4.69) is 0 Å². The van der Waals surface area contributed by atoms with Crippen LogP contribution in [0, 0.1) is 11.3 Å². The summed E-state index contributed by atoms with van der Waals surface area (Å²) < 4.78 is 1.12. The smallest absolute Gasteiger partial charge is 0.323 e. The maximum atomic E-state index is 11.5. The molecule has 0 unspecified atom stereocenters. The van der Waals surface area contributed by atoms with E-state index < -0.39 is 5.97 Å². The molecular formula is C14H10N2O3. The lowest BCUT2D eigenvalue weighted by Crippen LogP contribution is -2.22. The monoisotopic (exact) mass is 254 g/mol. The van der Waals surface area contributed by atoms with Gasteiger partial charge in [-0.25, -0.2) is 0 Å². The Labute approximate surface area is 109 Å². The van der Waals surface area contributed by atoms with Crippen molar-refractivity contribution in [3.05, 3.63) is 58.5 Å². The third-order valence-corrected chi connectivity index (χ3v) is 2.61. The van der Waals surface area contributed by atoms with Crippen molar-refractivity contribution in [2.24, 2.45) is 0 Å². The van der Waals surface area contributed by atoms with Gasteiger partial charge in [0, 0.05) is 12.3 Å². The van der Waals surface area contributed by atoms with Crippen LogP contribution >= 0.6 is 0 Å². The number of carbonyl (C=O) groups is 1. The number of pyridine rings is 1. The summed E-state index contributed by atoms with van der Waals surface area (Å²) in [4.78, 5) is 22.2. The standard InChI is InChI=1S/C14H10N2O3/c15-7-10-2-1-3-11(6-10)12-4-5-13(17)16(8-12)9-14(18)19/h1-6,8H,9H2,(H,18,19). The summed E-state index contributed by atoms with van der Waals surface area (Å²) >= 11 is 0. The number of nitriles is 1. The minimum absolute atomic E-state index is 0.373. The molecule has 0 radical (unpaired) electrons. The van der Waals surface area contributed by atoms with Gasteiger partial charge in [0.15, 0.2) is 0 Å². The van der Waals surface area contributed by atoms with Crippen molar-refractivity contribution in [1.82, 2.24) is 4.57 Å². The van der Waals surface area contributed by atoms with Crippen LogP contribution in [0.1, 0.15) is 5.56 Å². The first-order chi connectivity index (χ1) is 9.10. The van der Waals surface area contributed by atoms with E-state index in [9.17, 15) is 9.59 Å². The van der Waals surface area contributed by atoms with Crippen molar-refractivity contribution >= 4 is 5.97 Å². The molecule has 0 aliphatic carbocycles. The summed E-state index contributed by atoms with van der Waals surface area (Å²) in [7, 11) is 0. The quantitative estimate of drug-likeness (QED) is 0.899. The second-order valence-corrected chi connectivity index (χ2v) is 3.97. The van der Waals surface area contributed by atoms with Gasteiger partial charge in [-0.05, 0) is 29.3 Å². The Hall–Kier alpha value is -2.87. The number of benzene rings is 1. The van der Waals surface area contributed by atoms with Gasteiger partial charge in [-0.1, -0.05) is 12.1 Å². The van der Waals surface area contributed by atoms with E-state index in [0.717, 1.165) is 10.1 Å². The highest BCUT2D eigenvalue weighted by Gasteiger charge is 2.05. The van der Waals surface area contributed by atoms with E-state index in [-0.39, 0.29) is 12.1 Å². The lowest BCUT2D eigenvalue weighted by molar-refractivity contribution is -0.137. The zero-order chi connectivity index (χ0) is 13.8.